The molecule has 0 saturated heterocycles. The van der Waals surface area contributed by atoms with E-state index >= 15 is 0 Å². The van der Waals surface area contributed by atoms with E-state index in [4.69, 9.17) is 0 Å². The summed E-state index contributed by atoms with van der Waals surface area (Å²) in [5.74, 6) is 0. The van der Waals surface area contributed by atoms with Crippen LogP contribution in [0.1, 0.15) is 25.3 Å². The highest BCUT2D eigenvalue weighted by Crippen LogP contribution is 2.33. The Labute approximate surface area is 96.1 Å². The molecule has 0 bridgehead atoms. The average molecular weight is 216 g/mol. The lowest BCUT2D eigenvalue weighted by Crippen LogP contribution is -1.87. The van der Waals surface area contributed by atoms with Gasteiger partial charge >= 0.3 is 0 Å². The molecule has 0 radical (unpaired) electrons. The van der Waals surface area contributed by atoms with Crippen LogP contribution in [0.5, 0.6) is 0 Å². The van der Waals surface area contributed by atoms with Gasteiger partial charge in [0.05, 0.1) is 0 Å². The molecule has 1 aromatic carbocycles. The molecule has 2 rings (SSSR count). The highest BCUT2D eigenvalue weighted by molar-refractivity contribution is 8.03. The first-order valence-corrected chi connectivity index (χ1v) is 6.33. The second-order valence-electron chi connectivity index (χ2n) is 3.66. The van der Waals surface area contributed by atoms with E-state index in [2.05, 4.69) is 49.4 Å². The van der Waals surface area contributed by atoms with Gasteiger partial charge in [-0.1, -0.05) is 55.1 Å². The topological polar surface area (TPSA) is 0 Å². The van der Waals surface area contributed by atoms with Gasteiger partial charge in [-0.3, -0.25) is 0 Å². The van der Waals surface area contributed by atoms with Crippen LogP contribution in [0, 0.1) is 0 Å². The number of aryl methyl sites for hydroxylation is 1. The Kier molecular flexibility index (Phi) is 3.68. The third kappa shape index (κ3) is 2.75. The van der Waals surface area contributed by atoms with Gasteiger partial charge in [0.25, 0.3) is 0 Å². The molecule has 78 valence electrons. The predicted octanol–water partition coefficient (Wildman–Crippen LogP) is 4.58. The summed E-state index contributed by atoms with van der Waals surface area (Å²) in [4.78, 5) is 2.90. The Morgan fingerprint density at radius 2 is 2.13 bits per heavy atom. The van der Waals surface area contributed by atoms with Crippen molar-refractivity contribution in [2.75, 3.05) is 0 Å². The van der Waals surface area contributed by atoms with Gasteiger partial charge in [-0.05, 0) is 35.8 Å². The zero-order chi connectivity index (χ0) is 10.5. The summed E-state index contributed by atoms with van der Waals surface area (Å²) >= 11 is 1.93. The van der Waals surface area contributed by atoms with Crippen molar-refractivity contribution in [2.45, 2.75) is 31.1 Å². The second-order valence-corrected chi connectivity index (χ2v) is 4.83. The van der Waals surface area contributed by atoms with E-state index in [1.54, 1.807) is 0 Å². The summed E-state index contributed by atoms with van der Waals surface area (Å²) in [6.07, 6.45) is 10.1. The van der Waals surface area contributed by atoms with Crippen LogP contribution in [0.3, 0.4) is 0 Å². The fourth-order valence-electron chi connectivity index (χ4n) is 1.70. The van der Waals surface area contributed by atoms with E-state index in [0.717, 1.165) is 6.42 Å². The van der Waals surface area contributed by atoms with Crippen LogP contribution in [0.2, 0.25) is 0 Å². The zero-order valence-electron chi connectivity index (χ0n) is 9.07. The number of thioether (sulfide) groups is 1. The van der Waals surface area contributed by atoms with Crippen molar-refractivity contribution in [2.24, 2.45) is 0 Å². The maximum absolute atomic E-state index is 2.24. The Morgan fingerprint density at radius 3 is 2.87 bits per heavy atom. The molecular weight excluding hydrogens is 200 g/mol. The lowest BCUT2D eigenvalue weighted by Gasteiger charge is -2.11. The first-order chi connectivity index (χ1) is 7.40. The average Bonchev–Trinajstić information content (AvgIpc) is 2.31. The van der Waals surface area contributed by atoms with Gasteiger partial charge in [0.1, 0.15) is 0 Å². The molecule has 1 aliphatic rings. The van der Waals surface area contributed by atoms with Crippen LogP contribution >= 0.6 is 11.8 Å². The summed E-state index contributed by atoms with van der Waals surface area (Å²) in [5, 5.41) is 0. The number of hydrogen-bond donors (Lipinski definition) is 0. The van der Waals surface area contributed by atoms with Crippen molar-refractivity contribution in [3.05, 3.63) is 53.0 Å². The third-order valence-corrected chi connectivity index (χ3v) is 3.79. The molecule has 1 heteroatoms. The van der Waals surface area contributed by atoms with Crippen LogP contribution in [-0.4, -0.2) is 0 Å². The summed E-state index contributed by atoms with van der Waals surface area (Å²) in [6, 6.07) is 8.70. The molecule has 1 aromatic rings. The van der Waals surface area contributed by atoms with E-state index in [-0.39, 0.29) is 0 Å². The summed E-state index contributed by atoms with van der Waals surface area (Å²) in [5.41, 5.74) is 1.46. The largest absolute Gasteiger partial charge is 0.0943 e. The fraction of sp³-hybridized carbons (Fsp3) is 0.286. The standard InChI is InChI=1S/C14H16S/c1-2-12-8-6-7-11-14(12)15-13-9-4-3-5-10-13/h3-4,6-9,11H,2,5,10H2,1H3. The van der Waals surface area contributed by atoms with Gasteiger partial charge in [0, 0.05) is 4.90 Å². The van der Waals surface area contributed by atoms with Gasteiger partial charge in [-0.2, -0.15) is 0 Å². The molecule has 0 nitrogen and oxygen atoms in total. The molecular formula is C14H16S. The van der Waals surface area contributed by atoms with Crippen molar-refractivity contribution in [1.82, 2.24) is 0 Å². The quantitative estimate of drug-likeness (QED) is 0.713. The number of benzene rings is 1. The van der Waals surface area contributed by atoms with Crippen molar-refractivity contribution in [3.8, 4) is 0 Å². The number of allylic oxidation sites excluding steroid dienone is 4. The molecule has 0 heterocycles. The molecule has 0 spiro atoms. The maximum atomic E-state index is 2.24. The molecule has 15 heavy (non-hydrogen) atoms. The van der Waals surface area contributed by atoms with E-state index < -0.39 is 0 Å². The van der Waals surface area contributed by atoms with Crippen LogP contribution in [0.15, 0.2) is 52.3 Å². The first-order valence-electron chi connectivity index (χ1n) is 5.51. The summed E-state index contributed by atoms with van der Waals surface area (Å²) in [6.45, 7) is 2.22. The number of rotatable bonds is 3. The highest BCUT2D eigenvalue weighted by Gasteiger charge is 2.05. The van der Waals surface area contributed by atoms with Crippen molar-refractivity contribution in [3.63, 3.8) is 0 Å². The molecule has 0 amide bonds. The van der Waals surface area contributed by atoms with Crippen molar-refractivity contribution < 1.29 is 0 Å². The molecule has 0 saturated carbocycles. The molecule has 0 atom stereocenters. The molecule has 0 N–H and O–H groups in total. The first kappa shape index (κ1) is 10.6. The lowest BCUT2D eigenvalue weighted by atomic mass is 10.2. The summed E-state index contributed by atoms with van der Waals surface area (Å²) in [7, 11) is 0. The minimum atomic E-state index is 1.12. The normalized spacial score (nSPS) is 15.1. The van der Waals surface area contributed by atoms with Gasteiger partial charge in [-0.15, -0.1) is 0 Å². The Balaban J connectivity index is 2.16. The molecule has 1 aliphatic carbocycles. The van der Waals surface area contributed by atoms with Crippen LogP contribution in [0.25, 0.3) is 0 Å². The molecule has 0 fully saturated rings. The van der Waals surface area contributed by atoms with Gasteiger partial charge in [0.15, 0.2) is 0 Å². The van der Waals surface area contributed by atoms with Crippen LogP contribution in [-0.2, 0) is 6.42 Å². The third-order valence-electron chi connectivity index (χ3n) is 2.57. The minimum Gasteiger partial charge on any atom is -0.0943 e. The number of hydrogen-bond acceptors (Lipinski definition) is 1. The maximum Gasteiger partial charge on any atom is 0.0151 e. The highest BCUT2D eigenvalue weighted by atomic mass is 32.2. The predicted molar refractivity (Wildman–Crippen MR) is 68.1 cm³/mol. The molecule has 0 aliphatic heterocycles. The van der Waals surface area contributed by atoms with Gasteiger partial charge in [0.2, 0.25) is 0 Å². The fourth-order valence-corrected chi connectivity index (χ4v) is 2.84. The SMILES string of the molecule is CCc1ccccc1SC1=CC=CCC1. The Bertz CT molecular complexity index is 388. The molecule has 0 unspecified atom stereocenters. The zero-order valence-corrected chi connectivity index (χ0v) is 9.89. The minimum absolute atomic E-state index is 1.12. The second kappa shape index (κ2) is 5.22. The van der Waals surface area contributed by atoms with E-state index in [0.29, 0.717) is 0 Å². The van der Waals surface area contributed by atoms with E-state index in [1.807, 2.05) is 11.8 Å². The monoisotopic (exact) mass is 216 g/mol. The van der Waals surface area contributed by atoms with Crippen LogP contribution < -0.4 is 0 Å². The Hall–Kier alpha value is -0.950. The summed E-state index contributed by atoms with van der Waals surface area (Å²) < 4.78 is 0. The van der Waals surface area contributed by atoms with Gasteiger partial charge in [-0.25, -0.2) is 0 Å². The van der Waals surface area contributed by atoms with Gasteiger partial charge < -0.3 is 0 Å². The van der Waals surface area contributed by atoms with Crippen LogP contribution in [0.4, 0.5) is 0 Å². The van der Waals surface area contributed by atoms with E-state index in [9.17, 15) is 0 Å². The van der Waals surface area contributed by atoms with Crippen molar-refractivity contribution >= 4 is 11.8 Å². The lowest BCUT2D eigenvalue weighted by molar-refractivity contribution is 1.02. The smallest absolute Gasteiger partial charge is 0.0151 e. The van der Waals surface area contributed by atoms with E-state index in [1.165, 1.54) is 28.2 Å². The van der Waals surface area contributed by atoms with Crippen molar-refractivity contribution in [1.29, 1.82) is 0 Å². The Morgan fingerprint density at radius 1 is 1.27 bits per heavy atom. The molecule has 0 aromatic heterocycles.